The summed E-state index contributed by atoms with van der Waals surface area (Å²) in [7, 11) is 1.54. The van der Waals surface area contributed by atoms with Crippen LogP contribution in [0.25, 0.3) is 0 Å². The average Bonchev–Trinajstić information content (AvgIpc) is 2.50. The van der Waals surface area contributed by atoms with Gasteiger partial charge in [0.2, 0.25) is 0 Å². The van der Waals surface area contributed by atoms with E-state index in [1.807, 2.05) is 0 Å². The molecule has 5 nitrogen and oxygen atoms in total. The third-order valence-corrected chi connectivity index (χ3v) is 2.76. The summed E-state index contributed by atoms with van der Waals surface area (Å²) in [6, 6.07) is 6.94. The standard InChI is InChI=1S/C17H20O5/c1-4-21-16(18)15(17(19)22-5-2)14-11-7-6-9-13(14)10-8-12-20-3/h6-7,9,11,15H,4-5,12H2,1-3H3. The van der Waals surface area contributed by atoms with Gasteiger partial charge in [-0.25, -0.2) is 0 Å². The summed E-state index contributed by atoms with van der Waals surface area (Å²) >= 11 is 0. The Morgan fingerprint density at radius 2 is 1.68 bits per heavy atom. The molecular weight excluding hydrogens is 284 g/mol. The van der Waals surface area contributed by atoms with Crippen molar-refractivity contribution < 1.29 is 23.8 Å². The van der Waals surface area contributed by atoms with Gasteiger partial charge in [0.1, 0.15) is 6.61 Å². The van der Waals surface area contributed by atoms with Crippen LogP contribution < -0.4 is 0 Å². The number of esters is 2. The maximum atomic E-state index is 12.1. The molecule has 0 bridgehead atoms. The van der Waals surface area contributed by atoms with Crippen LogP contribution in [-0.2, 0) is 23.8 Å². The topological polar surface area (TPSA) is 61.8 Å². The first-order valence-corrected chi connectivity index (χ1v) is 7.05. The Labute approximate surface area is 130 Å². The zero-order valence-electron chi connectivity index (χ0n) is 13.0. The van der Waals surface area contributed by atoms with Gasteiger partial charge in [0.15, 0.2) is 5.92 Å². The molecule has 0 spiro atoms. The number of benzene rings is 1. The summed E-state index contributed by atoms with van der Waals surface area (Å²) < 4.78 is 14.9. The molecule has 0 aliphatic carbocycles. The van der Waals surface area contributed by atoms with Crippen molar-refractivity contribution in [3.05, 3.63) is 35.4 Å². The highest BCUT2D eigenvalue weighted by atomic mass is 16.6. The van der Waals surface area contributed by atoms with Gasteiger partial charge in [0, 0.05) is 12.7 Å². The molecule has 0 aliphatic heterocycles. The summed E-state index contributed by atoms with van der Waals surface area (Å²) in [4.78, 5) is 24.3. The minimum atomic E-state index is -1.13. The van der Waals surface area contributed by atoms with Crippen LogP contribution in [0.2, 0.25) is 0 Å². The third-order valence-electron chi connectivity index (χ3n) is 2.76. The molecule has 1 aromatic carbocycles. The van der Waals surface area contributed by atoms with Crippen molar-refractivity contribution in [3.63, 3.8) is 0 Å². The molecule has 0 amide bonds. The predicted octanol–water partition coefficient (Wildman–Crippen LogP) is 1.89. The molecule has 0 saturated heterocycles. The smallest absolute Gasteiger partial charge is 0.324 e. The van der Waals surface area contributed by atoms with Crippen LogP contribution in [0.5, 0.6) is 0 Å². The third kappa shape index (κ3) is 4.90. The Morgan fingerprint density at radius 3 is 2.23 bits per heavy atom. The molecule has 5 heteroatoms. The van der Waals surface area contributed by atoms with E-state index in [-0.39, 0.29) is 19.8 Å². The van der Waals surface area contributed by atoms with E-state index in [1.165, 1.54) is 0 Å². The molecule has 0 N–H and O–H groups in total. The monoisotopic (exact) mass is 304 g/mol. The molecule has 0 aliphatic rings. The fraction of sp³-hybridized carbons (Fsp3) is 0.412. The lowest BCUT2D eigenvalue weighted by molar-refractivity contribution is -0.156. The van der Waals surface area contributed by atoms with E-state index in [0.717, 1.165) is 0 Å². The Bertz CT molecular complexity index is 550. The molecule has 1 rings (SSSR count). The van der Waals surface area contributed by atoms with Crippen LogP contribution >= 0.6 is 0 Å². The van der Waals surface area contributed by atoms with Gasteiger partial charge in [-0.3, -0.25) is 9.59 Å². The van der Waals surface area contributed by atoms with E-state index < -0.39 is 17.9 Å². The van der Waals surface area contributed by atoms with E-state index in [0.29, 0.717) is 11.1 Å². The van der Waals surface area contributed by atoms with Gasteiger partial charge in [-0.2, -0.15) is 0 Å². The number of carbonyl (C=O) groups is 2. The van der Waals surface area contributed by atoms with Crippen molar-refractivity contribution in [3.8, 4) is 11.8 Å². The molecular formula is C17H20O5. The van der Waals surface area contributed by atoms with Gasteiger partial charge in [-0.1, -0.05) is 30.0 Å². The molecule has 118 valence electrons. The van der Waals surface area contributed by atoms with Gasteiger partial charge in [-0.15, -0.1) is 0 Å². The molecule has 0 unspecified atom stereocenters. The van der Waals surface area contributed by atoms with Gasteiger partial charge in [-0.05, 0) is 25.5 Å². The van der Waals surface area contributed by atoms with Crippen molar-refractivity contribution in [2.24, 2.45) is 0 Å². The van der Waals surface area contributed by atoms with E-state index in [4.69, 9.17) is 14.2 Å². The van der Waals surface area contributed by atoms with Crippen LogP contribution in [-0.4, -0.2) is 38.9 Å². The number of hydrogen-bond acceptors (Lipinski definition) is 5. The fourth-order valence-electron chi connectivity index (χ4n) is 1.87. The minimum Gasteiger partial charge on any atom is -0.465 e. The first-order chi connectivity index (χ1) is 10.7. The second-order valence-corrected chi connectivity index (χ2v) is 4.26. The van der Waals surface area contributed by atoms with Crippen LogP contribution in [0, 0.1) is 11.8 Å². The fourth-order valence-corrected chi connectivity index (χ4v) is 1.87. The zero-order chi connectivity index (χ0) is 16.4. The number of methoxy groups -OCH3 is 1. The van der Waals surface area contributed by atoms with Crippen LogP contribution in [0.15, 0.2) is 24.3 Å². The molecule has 1 aromatic rings. The number of hydrogen-bond donors (Lipinski definition) is 0. The first kappa shape index (κ1) is 17.7. The lowest BCUT2D eigenvalue weighted by Crippen LogP contribution is -2.27. The van der Waals surface area contributed by atoms with Gasteiger partial charge in [0.05, 0.1) is 13.2 Å². The van der Waals surface area contributed by atoms with Crippen molar-refractivity contribution in [1.82, 2.24) is 0 Å². The van der Waals surface area contributed by atoms with Gasteiger partial charge >= 0.3 is 11.9 Å². The Hall–Kier alpha value is -2.32. The van der Waals surface area contributed by atoms with E-state index in [2.05, 4.69) is 11.8 Å². The Kier molecular flexibility index (Phi) is 7.73. The maximum absolute atomic E-state index is 12.1. The van der Waals surface area contributed by atoms with Crippen LogP contribution in [0.1, 0.15) is 30.9 Å². The number of ether oxygens (including phenoxy) is 3. The molecule has 0 heterocycles. The number of carbonyl (C=O) groups excluding carboxylic acids is 2. The van der Waals surface area contributed by atoms with E-state index in [9.17, 15) is 9.59 Å². The van der Waals surface area contributed by atoms with Gasteiger partial charge in [0.25, 0.3) is 0 Å². The average molecular weight is 304 g/mol. The Morgan fingerprint density at radius 1 is 1.09 bits per heavy atom. The molecule has 0 radical (unpaired) electrons. The summed E-state index contributed by atoms with van der Waals surface area (Å²) in [5.41, 5.74) is 1.05. The van der Waals surface area contributed by atoms with Gasteiger partial charge < -0.3 is 14.2 Å². The SMILES string of the molecule is CCOC(=O)C(C(=O)OCC)c1ccccc1C#CCOC. The second kappa shape index (κ2) is 9.59. The Balaban J connectivity index is 3.22. The largest absolute Gasteiger partial charge is 0.465 e. The summed E-state index contributed by atoms with van der Waals surface area (Å²) in [5, 5.41) is 0. The molecule has 0 aromatic heterocycles. The summed E-state index contributed by atoms with van der Waals surface area (Å²) in [5.74, 6) is 3.30. The highest BCUT2D eigenvalue weighted by molar-refractivity contribution is 6.01. The van der Waals surface area contributed by atoms with Crippen molar-refractivity contribution >= 4 is 11.9 Å². The maximum Gasteiger partial charge on any atom is 0.324 e. The normalized spacial score (nSPS) is 9.82. The molecule has 0 fully saturated rings. The first-order valence-electron chi connectivity index (χ1n) is 7.05. The quantitative estimate of drug-likeness (QED) is 0.456. The summed E-state index contributed by atoms with van der Waals surface area (Å²) in [6.07, 6.45) is 0. The zero-order valence-corrected chi connectivity index (χ0v) is 13.0. The van der Waals surface area contributed by atoms with Crippen LogP contribution in [0.4, 0.5) is 0 Å². The minimum absolute atomic E-state index is 0.187. The number of rotatable bonds is 6. The highest BCUT2D eigenvalue weighted by Crippen LogP contribution is 2.23. The lowest BCUT2D eigenvalue weighted by atomic mass is 9.94. The van der Waals surface area contributed by atoms with Crippen molar-refractivity contribution in [2.75, 3.05) is 26.9 Å². The van der Waals surface area contributed by atoms with Crippen LogP contribution in [0.3, 0.4) is 0 Å². The molecule has 0 atom stereocenters. The predicted molar refractivity (Wildman–Crippen MR) is 81.2 cm³/mol. The van der Waals surface area contributed by atoms with E-state index >= 15 is 0 Å². The summed E-state index contributed by atoms with van der Waals surface area (Å²) in [6.45, 7) is 4.01. The van der Waals surface area contributed by atoms with Crippen molar-refractivity contribution in [2.45, 2.75) is 19.8 Å². The van der Waals surface area contributed by atoms with Crippen molar-refractivity contribution in [1.29, 1.82) is 0 Å². The lowest BCUT2D eigenvalue weighted by Gasteiger charge is -2.16. The highest BCUT2D eigenvalue weighted by Gasteiger charge is 2.32. The molecule has 22 heavy (non-hydrogen) atoms. The molecule has 0 saturated carbocycles. The van der Waals surface area contributed by atoms with E-state index in [1.54, 1.807) is 45.2 Å². The second-order valence-electron chi connectivity index (χ2n) is 4.26.